The van der Waals surface area contributed by atoms with Crippen LogP contribution < -0.4 is 5.32 Å². The Hall–Kier alpha value is -6.64. The Balaban J connectivity index is 0.000000259. The van der Waals surface area contributed by atoms with Gasteiger partial charge in [0.15, 0.2) is 0 Å². The van der Waals surface area contributed by atoms with Crippen LogP contribution in [0.15, 0.2) is 195 Å². The van der Waals surface area contributed by atoms with E-state index in [4.69, 9.17) is 0 Å². The molecule has 1 aromatic heterocycles. The van der Waals surface area contributed by atoms with Gasteiger partial charge in [-0.3, -0.25) is 0 Å². The minimum Gasteiger partial charge on any atom is -0.355 e. The van der Waals surface area contributed by atoms with Crippen LogP contribution in [0, 0.1) is 20.8 Å². The highest BCUT2D eigenvalue weighted by molar-refractivity contribution is 6.30. The molecular weight excluding hydrogens is 641 g/mol. The van der Waals surface area contributed by atoms with Gasteiger partial charge in [0.1, 0.15) is 0 Å². The molecule has 0 amide bonds. The van der Waals surface area contributed by atoms with Crippen LogP contribution >= 0.6 is 0 Å². The van der Waals surface area contributed by atoms with E-state index in [9.17, 15) is 0 Å². The van der Waals surface area contributed by atoms with E-state index in [0.717, 1.165) is 22.6 Å². The van der Waals surface area contributed by atoms with E-state index < -0.39 is 0 Å². The molecule has 53 heavy (non-hydrogen) atoms. The molecule has 0 radical (unpaired) electrons. The van der Waals surface area contributed by atoms with Gasteiger partial charge in [-0.05, 0) is 73.3 Å². The summed E-state index contributed by atoms with van der Waals surface area (Å²) >= 11 is 0. The minimum atomic E-state index is 1.05. The highest BCUT2D eigenvalue weighted by Crippen LogP contribution is 2.44. The summed E-state index contributed by atoms with van der Waals surface area (Å²) in [7, 11) is 0. The van der Waals surface area contributed by atoms with E-state index >= 15 is 0 Å². The lowest BCUT2D eigenvalue weighted by Crippen LogP contribution is -1.95. The number of nitrogens with one attached hydrogen (secondary N) is 1. The molecule has 0 unspecified atom stereocenters. The van der Waals surface area contributed by atoms with E-state index in [1.54, 1.807) is 0 Å². The second kappa shape index (κ2) is 16.1. The lowest BCUT2D eigenvalue weighted by atomic mass is 9.94. The van der Waals surface area contributed by atoms with Gasteiger partial charge in [-0.1, -0.05) is 181 Å². The fourth-order valence-corrected chi connectivity index (χ4v) is 6.95. The highest BCUT2D eigenvalue weighted by Gasteiger charge is 2.20. The average molecular weight is 685 g/mol. The third-order valence-electron chi connectivity index (χ3n) is 9.48. The number of allylic oxidation sites excluding steroid dienone is 2. The molecule has 2 heteroatoms. The molecule has 2 nitrogen and oxygen atoms in total. The smallest absolute Gasteiger partial charge is 0.0547 e. The van der Waals surface area contributed by atoms with E-state index in [1.165, 1.54) is 60.0 Å². The van der Waals surface area contributed by atoms with Crippen molar-refractivity contribution < 1.29 is 0 Å². The molecule has 0 saturated heterocycles. The van der Waals surface area contributed by atoms with Crippen LogP contribution in [0.1, 0.15) is 22.3 Å². The zero-order chi connectivity index (χ0) is 36.6. The van der Waals surface area contributed by atoms with Gasteiger partial charge in [0.2, 0.25) is 0 Å². The molecule has 0 saturated carbocycles. The summed E-state index contributed by atoms with van der Waals surface area (Å²) in [4.78, 5) is 0. The molecule has 0 bridgehead atoms. The van der Waals surface area contributed by atoms with Crippen molar-refractivity contribution in [3.05, 3.63) is 217 Å². The number of aryl methyl sites for hydroxylation is 3. The molecule has 0 atom stereocenters. The van der Waals surface area contributed by atoms with Crippen molar-refractivity contribution in [3.8, 4) is 5.69 Å². The van der Waals surface area contributed by atoms with Crippen LogP contribution in [-0.2, 0) is 0 Å². The Morgan fingerprint density at radius 1 is 0.453 bits per heavy atom. The Labute approximate surface area is 313 Å². The second-order valence-electron chi connectivity index (χ2n) is 13.3. The molecule has 258 valence electrons. The molecule has 0 aliphatic heterocycles. The molecule has 0 fully saturated rings. The quantitative estimate of drug-likeness (QED) is 0.179. The number of anilines is 2. The first kappa shape index (κ1) is 34.8. The minimum absolute atomic E-state index is 1.05. The first-order chi connectivity index (χ1) is 26.0. The van der Waals surface area contributed by atoms with Crippen molar-refractivity contribution in [2.24, 2.45) is 0 Å². The van der Waals surface area contributed by atoms with Crippen molar-refractivity contribution in [2.75, 3.05) is 5.32 Å². The summed E-state index contributed by atoms with van der Waals surface area (Å²) in [5, 5.41) is 11.2. The molecule has 1 heterocycles. The van der Waals surface area contributed by atoms with Crippen LogP contribution in [0.3, 0.4) is 0 Å². The van der Waals surface area contributed by atoms with E-state index in [1.807, 2.05) is 54.6 Å². The molecule has 0 aliphatic rings. The van der Waals surface area contributed by atoms with Crippen molar-refractivity contribution >= 4 is 60.8 Å². The van der Waals surface area contributed by atoms with Crippen LogP contribution in [-0.4, -0.2) is 4.57 Å². The predicted molar refractivity (Wildman–Crippen MR) is 232 cm³/mol. The van der Waals surface area contributed by atoms with Crippen molar-refractivity contribution in [2.45, 2.75) is 20.8 Å². The van der Waals surface area contributed by atoms with Crippen LogP contribution in [0.5, 0.6) is 0 Å². The summed E-state index contributed by atoms with van der Waals surface area (Å²) in [6.45, 7) is 10.3. The second-order valence-corrected chi connectivity index (χ2v) is 13.3. The maximum absolute atomic E-state index is 3.98. The van der Waals surface area contributed by atoms with Crippen LogP contribution in [0.2, 0.25) is 0 Å². The van der Waals surface area contributed by atoms with Gasteiger partial charge in [-0.15, -0.1) is 0 Å². The number of fused-ring (bicyclic) bond motifs is 2. The summed E-state index contributed by atoms with van der Waals surface area (Å²) in [6.07, 6.45) is 6.07. The first-order valence-corrected chi connectivity index (χ1v) is 18.2. The topological polar surface area (TPSA) is 17.0 Å². The molecule has 8 aromatic carbocycles. The highest BCUT2D eigenvalue weighted by atomic mass is 15.0. The number of nitrogens with zero attached hydrogens (tertiary/aromatic N) is 1. The van der Waals surface area contributed by atoms with Gasteiger partial charge in [0, 0.05) is 33.1 Å². The molecule has 9 aromatic rings. The van der Waals surface area contributed by atoms with Gasteiger partial charge >= 0.3 is 0 Å². The number of benzene rings is 7. The standard InChI is InChI=1S/C37H28N2.2C7H8/c1-3-4-14-32-30-18-11-20-34-36(30)35-29(17-10-19-33(35)39(34)27-23-21-25(2)22-24-27)28-15-8-9-16-31(28)37(32)38-26-12-6-5-7-13-26;2*1-7-5-3-2-4-6-7/h3-24,38H,1H2,2H3;2*2-6H,1H3/b14-4-,29-28?,32-30?,37-31?,37-32?;;. The van der Waals surface area contributed by atoms with E-state index in [-0.39, 0.29) is 0 Å². The Morgan fingerprint density at radius 2 is 0.925 bits per heavy atom. The van der Waals surface area contributed by atoms with E-state index in [0.29, 0.717) is 0 Å². The van der Waals surface area contributed by atoms with Crippen LogP contribution in [0.4, 0.5) is 11.4 Å². The lowest BCUT2D eigenvalue weighted by molar-refractivity contribution is 1.18. The zero-order valence-corrected chi connectivity index (χ0v) is 30.6. The summed E-state index contributed by atoms with van der Waals surface area (Å²) < 4.78 is 2.41. The summed E-state index contributed by atoms with van der Waals surface area (Å²) in [6, 6.07) is 61.9. The maximum Gasteiger partial charge on any atom is 0.0547 e. The van der Waals surface area contributed by atoms with Crippen LogP contribution in [0.25, 0.3) is 55.1 Å². The largest absolute Gasteiger partial charge is 0.355 e. The fourth-order valence-electron chi connectivity index (χ4n) is 6.95. The van der Waals surface area contributed by atoms with Crippen molar-refractivity contribution in [1.29, 1.82) is 0 Å². The monoisotopic (exact) mass is 684 g/mol. The predicted octanol–water partition coefficient (Wildman–Crippen LogP) is 14.3. The Kier molecular flexibility index (Phi) is 10.6. The number of para-hydroxylation sites is 1. The Morgan fingerprint density at radius 3 is 1.47 bits per heavy atom. The molecule has 0 spiro atoms. The molecule has 9 rings (SSSR count). The molecule has 1 N–H and O–H groups in total. The van der Waals surface area contributed by atoms with Gasteiger partial charge in [0.25, 0.3) is 0 Å². The SMILES string of the molecule is C=C/C=C\c1c(Nc2ccccc2)c2ccccc2c2cccc3c2c2c1cccc2n3-c1ccc(C)cc1.Cc1ccccc1.Cc1ccccc1. The van der Waals surface area contributed by atoms with E-state index in [2.05, 4.69) is 177 Å². The zero-order valence-electron chi connectivity index (χ0n) is 30.6. The first-order valence-electron chi connectivity index (χ1n) is 18.2. The number of hydrogen-bond acceptors (Lipinski definition) is 1. The number of rotatable bonds is 5. The van der Waals surface area contributed by atoms with Gasteiger partial charge in [0.05, 0.1) is 16.7 Å². The van der Waals surface area contributed by atoms with Gasteiger partial charge in [-0.2, -0.15) is 0 Å². The van der Waals surface area contributed by atoms with Crippen molar-refractivity contribution in [1.82, 2.24) is 4.57 Å². The Bertz CT molecular complexity index is 2610. The van der Waals surface area contributed by atoms with Crippen molar-refractivity contribution in [3.63, 3.8) is 0 Å². The number of hydrogen-bond donors (Lipinski definition) is 1. The molecule has 0 aliphatic carbocycles. The molecular formula is C51H44N2. The average Bonchev–Trinajstić information content (AvgIpc) is 3.54. The maximum atomic E-state index is 3.98. The summed E-state index contributed by atoms with van der Waals surface area (Å²) in [5.74, 6) is 0. The van der Waals surface area contributed by atoms with Gasteiger partial charge in [-0.25, -0.2) is 0 Å². The fraction of sp³-hybridized carbons (Fsp3) is 0.0588. The summed E-state index contributed by atoms with van der Waals surface area (Å²) in [5.41, 5.74) is 10.7. The normalized spacial score (nSPS) is 10.9. The number of aromatic nitrogens is 1. The third kappa shape index (κ3) is 7.54. The lowest BCUT2D eigenvalue weighted by Gasteiger charge is -2.15. The third-order valence-corrected chi connectivity index (χ3v) is 9.48. The van der Waals surface area contributed by atoms with Gasteiger partial charge < -0.3 is 9.88 Å².